The van der Waals surface area contributed by atoms with Gasteiger partial charge in [-0.05, 0) is 70.0 Å². The number of thioether (sulfide) groups is 1. The number of nitrogens with one attached hydrogen (secondary N) is 1. The van der Waals surface area contributed by atoms with Gasteiger partial charge in [-0.2, -0.15) is 17.6 Å². The molecule has 192 valence electrons. The van der Waals surface area contributed by atoms with Crippen LogP contribution in [0, 0.1) is 19.8 Å². The number of hydrogen-bond acceptors (Lipinski definition) is 6. The van der Waals surface area contributed by atoms with Crippen molar-refractivity contribution < 1.29 is 32.2 Å². The molecule has 0 aliphatic heterocycles. The minimum Gasteiger partial charge on any atom is -0.436 e. The molecule has 0 fully saturated rings. The fourth-order valence-electron chi connectivity index (χ4n) is 3.22. The molecule has 0 aliphatic carbocycles. The van der Waals surface area contributed by atoms with E-state index in [0.29, 0.717) is 24.1 Å². The van der Waals surface area contributed by atoms with Gasteiger partial charge < -0.3 is 15.2 Å². The highest BCUT2D eigenvalue weighted by Gasteiger charge is 2.36. The first-order chi connectivity index (χ1) is 16.7. The van der Waals surface area contributed by atoms with E-state index in [1.165, 1.54) is 24.8 Å². The highest BCUT2D eigenvalue weighted by atomic mass is 32.2. The first-order valence-electron chi connectivity index (χ1n) is 10.9. The van der Waals surface area contributed by atoms with E-state index in [-0.39, 0.29) is 22.9 Å². The van der Waals surface area contributed by atoms with Crippen molar-refractivity contribution in [1.29, 1.82) is 0 Å². The van der Waals surface area contributed by atoms with Crippen LogP contribution in [0.5, 0.6) is 11.6 Å². The SMILES string of the molecule is Cc1nc(F)ccc1Oc1ncc(C(F)(F)F)c(C)c1C(=O)Nc1cccc(SCCC(C)(C)O)c1. The van der Waals surface area contributed by atoms with E-state index in [4.69, 9.17) is 4.74 Å². The van der Waals surface area contributed by atoms with Gasteiger partial charge in [-0.25, -0.2) is 9.97 Å². The van der Waals surface area contributed by atoms with Crippen molar-refractivity contribution in [3.8, 4) is 11.6 Å². The monoisotopic (exact) mass is 523 g/mol. The first-order valence-corrected chi connectivity index (χ1v) is 11.9. The molecule has 0 atom stereocenters. The quantitative estimate of drug-likeness (QED) is 0.198. The molecule has 11 heteroatoms. The largest absolute Gasteiger partial charge is 0.436 e. The lowest BCUT2D eigenvalue weighted by Crippen LogP contribution is -2.19. The minimum absolute atomic E-state index is 0.0438. The summed E-state index contributed by atoms with van der Waals surface area (Å²) in [5.74, 6) is -1.31. The van der Waals surface area contributed by atoms with Gasteiger partial charge in [-0.3, -0.25) is 4.79 Å². The van der Waals surface area contributed by atoms with Crippen molar-refractivity contribution in [1.82, 2.24) is 9.97 Å². The van der Waals surface area contributed by atoms with E-state index < -0.39 is 34.8 Å². The van der Waals surface area contributed by atoms with Crippen LogP contribution in [0.15, 0.2) is 47.5 Å². The molecule has 0 radical (unpaired) electrons. The third kappa shape index (κ3) is 7.17. The lowest BCUT2D eigenvalue weighted by molar-refractivity contribution is -0.138. The number of amides is 1. The third-order valence-corrected chi connectivity index (χ3v) is 6.12. The Balaban J connectivity index is 1.93. The Hall–Kier alpha value is -3.18. The molecule has 1 amide bonds. The summed E-state index contributed by atoms with van der Waals surface area (Å²) >= 11 is 1.47. The van der Waals surface area contributed by atoms with E-state index in [1.54, 1.807) is 32.0 Å². The average molecular weight is 524 g/mol. The van der Waals surface area contributed by atoms with Crippen LogP contribution in [0.4, 0.5) is 23.2 Å². The van der Waals surface area contributed by atoms with E-state index in [2.05, 4.69) is 15.3 Å². The Morgan fingerprint density at radius 1 is 1.17 bits per heavy atom. The summed E-state index contributed by atoms with van der Waals surface area (Å²) < 4.78 is 59.7. The van der Waals surface area contributed by atoms with Crippen molar-refractivity contribution >= 4 is 23.4 Å². The second-order valence-electron chi connectivity index (χ2n) is 8.69. The van der Waals surface area contributed by atoms with Crippen LogP contribution in [0.25, 0.3) is 0 Å². The Morgan fingerprint density at radius 2 is 1.89 bits per heavy atom. The maximum Gasteiger partial charge on any atom is 0.418 e. The van der Waals surface area contributed by atoms with Crippen LogP contribution in [-0.4, -0.2) is 32.3 Å². The minimum atomic E-state index is -4.74. The second-order valence-corrected chi connectivity index (χ2v) is 9.86. The van der Waals surface area contributed by atoms with Gasteiger partial charge in [-0.1, -0.05) is 6.07 Å². The number of ether oxygens (including phenoxy) is 1. The number of benzene rings is 1. The molecule has 0 aliphatic rings. The predicted molar refractivity (Wildman–Crippen MR) is 129 cm³/mol. The molecule has 36 heavy (non-hydrogen) atoms. The highest BCUT2D eigenvalue weighted by Crippen LogP contribution is 2.37. The van der Waals surface area contributed by atoms with Gasteiger partial charge in [0.05, 0.1) is 16.9 Å². The number of aromatic nitrogens is 2. The molecule has 3 rings (SSSR count). The summed E-state index contributed by atoms with van der Waals surface area (Å²) in [6.07, 6.45) is -3.61. The molecule has 6 nitrogen and oxygen atoms in total. The number of aliphatic hydroxyl groups is 1. The molecule has 1 aromatic carbocycles. The number of alkyl halides is 3. The maximum atomic E-state index is 13.6. The number of halogens is 4. The molecule has 3 aromatic rings. The standard InChI is InChI=1S/C25H25F4N3O3S/c1-14-18(25(27,28)29)13-30-23(35-19-8-9-20(26)31-15(19)2)21(14)22(33)32-16-6-5-7-17(12-16)36-11-10-24(3,4)34/h5-9,12-13,34H,10-11H2,1-4H3,(H,32,33). The summed E-state index contributed by atoms with van der Waals surface area (Å²) in [7, 11) is 0. The van der Waals surface area contributed by atoms with Crippen LogP contribution < -0.4 is 10.1 Å². The van der Waals surface area contributed by atoms with E-state index >= 15 is 0 Å². The third-order valence-electron chi connectivity index (χ3n) is 5.12. The van der Waals surface area contributed by atoms with E-state index in [1.807, 2.05) is 6.07 Å². The van der Waals surface area contributed by atoms with Gasteiger partial charge in [0, 0.05) is 22.5 Å². The van der Waals surface area contributed by atoms with Crippen molar-refractivity contribution in [2.24, 2.45) is 0 Å². The van der Waals surface area contributed by atoms with Gasteiger partial charge in [-0.15, -0.1) is 11.8 Å². The molecule has 2 N–H and O–H groups in total. The van der Waals surface area contributed by atoms with Crippen LogP contribution in [0.1, 0.15) is 47.4 Å². The number of carbonyl (C=O) groups is 1. The molecule has 2 heterocycles. The van der Waals surface area contributed by atoms with E-state index in [0.717, 1.165) is 17.9 Å². The number of nitrogens with zero attached hydrogens (tertiary/aromatic N) is 2. The zero-order valence-electron chi connectivity index (χ0n) is 20.0. The zero-order valence-corrected chi connectivity index (χ0v) is 20.9. The van der Waals surface area contributed by atoms with Gasteiger partial charge in [0.25, 0.3) is 5.91 Å². The number of hydrogen-bond donors (Lipinski definition) is 2. The molecule has 0 saturated heterocycles. The summed E-state index contributed by atoms with van der Waals surface area (Å²) in [6, 6.07) is 9.08. The molecular formula is C25H25F4N3O3S. The van der Waals surface area contributed by atoms with E-state index in [9.17, 15) is 27.5 Å². The summed E-state index contributed by atoms with van der Waals surface area (Å²) in [5.41, 5.74) is -2.18. The summed E-state index contributed by atoms with van der Waals surface area (Å²) in [6.45, 7) is 6.03. The molecule has 0 unspecified atom stereocenters. The Bertz CT molecular complexity index is 1260. The highest BCUT2D eigenvalue weighted by molar-refractivity contribution is 7.99. The van der Waals surface area contributed by atoms with Gasteiger partial charge in [0.1, 0.15) is 5.56 Å². The summed E-state index contributed by atoms with van der Waals surface area (Å²) in [5, 5.41) is 12.5. The zero-order chi connectivity index (χ0) is 26.7. The number of pyridine rings is 2. The fraction of sp³-hybridized carbons (Fsp3) is 0.320. The van der Waals surface area contributed by atoms with Crippen molar-refractivity contribution in [3.63, 3.8) is 0 Å². The lowest BCUT2D eigenvalue weighted by atomic mass is 10.0. The molecule has 2 aromatic heterocycles. The molecule has 0 bridgehead atoms. The van der Waals surface area contributed by atoms with Crippen LogP contribution >= 0.6 is 11.8 Å². The number of anilines is 1. The second kappa shape index (κ2) is 10.8. The van der Waals surface area contributed by atoms with Crippen molar-refractivity contribution in [2.75, 3.05) is 11.1 Å². The normalized spacial score (nSPS) is 11.9. The van der Waals surface area contributed by atoms with Crippen LogP contribution in [-0.2, 0) is 6.18 Å². The topological polar surface area (TPSA) is 84.3 Å². The Morgan fingerprint density at radius 3 is 2.53 bits per heavy atom. The Labute approximate surface area is 210 Å². The number of aryl methyl sites for hydroxylation is 1. The van der Waals surface area contributed by atoms with Crippen molar-refractivity contribution in [2.45, 2.75) is 50.8 Å². The number of carbonyl (C=O) groups excluding carboxylic acids is 1. The molecule has 0 spiro atoms. The first kappa shape index (κ1) is 27.4. The maximum absolute atomic E-state index is 13.6. The molecule has 0 saturated carbocycles. The lowest BCUT2D eigenvalue weighted by Gasteiger charge is -2.18. The van der Waals surface area contributed by atoms with Gasteiger partial charge >= 0.3 is 6.18 Å². The Kier molecular flexibility index (Phi) is 8.25. The smallest absolute Gasteiger partial charge is 0.418 e. The molecular weight excluding hydrogens is 498 g/mol. The number of rotatable bonds is 8. The predicted octanol–water partition coefficient (Wildman–Crippen LogP) is 6.55. The van der Waals surface area contributed by atoms with Crippen molar-refractivity contribution in [3.05, 3.63) is 70.9 Å². The van der Waals surface area contributed by atoms with Crippen LogP contribution in [0.3, 0.4) is 0 Å². The van der Waals surface area contributed by atoms with Crippen LogP contribution in [0.2, 0.25) is 0 Å². The fourth-order valence-corrected chi connectivity index (χ4v) is 4.44. The summed E-state index contributed by atoms with van der Waals surface area (Å²) in [4.78, 5) is 21.4. The van der Waals surface area contributed by atoms with Gasteiger partial charge in [0.2, 0.25) is 11.8 Å². The average Bonchev–Trinajstić information content (AvgIpc) is 2.74. The van der Waals surface area contributed by atoms with Gasteiger partial charge in [0.15, 0.2) is 5.75 Å².